The summed E-state index contributed by atoms with van der Waals surface area (Å²) in [4.78, 5) is 43.4. The molecule has 0 atom stereocenters. The standard InChI is InChI=1S/C22H16O8/c23-5-9-27-19-13-1-2-14-18-16(22(30-12-8-26)20(14)28-10-6-24)4-3-15(17(13)18)21(19)29-11-7-25/h1-8H,9-12H2. The zero-order valence-electron chi connectivity index (χ0n) is 15.7. The molecular weight excluding hydrogens is 392 g/mol. The highest BCUT2D eigenvalue weighted by atomic mass is 16.5. The van der Waals surface area contributed by atoms with Crippen molar-refractivity contribution in [2.24, 2.45) is 0 Å². The third-order valence-corrected chi connectivity index (χ3v) is 4.73. The fourth-order valence-electron chi connectivity index (χ4n) is 3.78. The molecule has 0 spiro atoms. The SMILES string of the molecule is O=CCOC1=C(OCC=O)c2ccc3c4c(ccc1c24)C(OCC=O)=C3OCC=O. The Morgan fingerprint density at radius 1 is 0.467 bits per heavy atom. The summed E-state index contributed by atoms with van der Waals surface area (Å²) in [6.45, 7) is -0.694. The molecule has 8 heteroatoms. The Kier molecular flexibility index (Phi) is 5.30. The smallest absolute Gasteiger partial charge is 0.170 e. The molecular formula is C22H16O8. The van der Waals surface area contributed by atoms with Crippen molar-refractivity contribution in [1.82, 2.24) is 0 Å². The van der Waals surface area contributed by atoms with Gasteiger partial charge in [0.1, 0.15) is 26.4 Å². The normalized spacial score (nSPS) is 13.5. The molecule has 0 fully saturated rings. The van der Waals surface area contributed by atoms with Gasteiger partial charge in [0.15, 0.2) is 48.2 Å². The van der Waals surface area contributed by atoms with Gasteiger partial charge in [0.2, 0.25) is 0 Å². The van der Waals surface area contributed by atoms with Crippen LogP contribution in [0.25, 0.3) is 33.8 Å². The Morgan fingerprint density at radius 2 is 0.700 bits per heavy atom. The number of aldehydes is 4. The topological polar surface area (TPSA) is 105 Å². The van der Waals surface area contributed by atoms with Crippen molar-refractivity contribution in [2.75, 3.05) is 26.4 Å². The van der Waals surface area contributed by atoms with Crippen LogP contribution in [0.2, 0.25) is 0 Å². The third-order valence-electron chi connectivity index (χ3n) is 4.73. The molecule has 2 aliphatic carbocycles. The minimum Gasteiger partial charge on any atom is -0.482 e. The molecule has 0 aromatic heterocycles. The van der Waals surface area contributed by atoms with Gasteiger partial charge in [0, 0.05) is 33.0 Å². The lowest BCUT2D eigenvalue weighted by atomic mass is 9.98. The van der Waals surface area contributed by atoms with Crippen LogP contribution in [0.5, 0.6) is 0 Å². The predicted octanol–water partition coefficient (Wildman–Crippen LogP) is 1.98. The first kappa shape index (κ1) is 19.4. The lowest BCUT2D eigenvalue weighted by Crippen LogP contribution is -2.01. The summed E-state index contributed by atoms with van der Waals surface area (Å²) in [6, 6.07) is 7.15. The van der Waals surface area contributed by atoms with E-state index in [0.29, 0.717) is 70.4 Å². The second kappa shape index (κ2) is 8.20. The largest absolute Gasteiger partial charge is 0.482 e. The number of hydrogen-bond acceptors (Lipinski definition) is 8. The minimum atomic E-state index is -0.174. The molecule has 2 aromatic carbocycles. The van der Waals surface area contributed by atoms with Crippen molar-refractivity contribution in [3.8, 4) is 0 Å². The van der Waals surface area contributed by atoms with Gasteiger partial charge in [-0.25, -0.2) is 0 Å². The monoisotopic (exact) mass is 408 g/mol. The van der Waals surface area contributed by atoms with Crippen molar-refractivity contribution in [3.63, 3.8) is 0 Å². The molecule has 0 aliphatic heterocycles. The van der Waals surface area contributed by atoms with Gasteiger partial charge in [-0.3, -0.25) is 19.2 Å². The number of benzene rings is 2. The fraction of sp³-hybridized carbons (Fsp3) is 0.182. The van der Waals surface area contributed by atoms with Gasteiger partial charge in [0.25, 0.3) is 0 Å². The van der Waals surface area contributed by atoms with Gasteiger partial charge in [-0.2, -0.15) is 0 Å². The minimum absolute atomic E-state index is 0.174. The summed E-state index contributed by atoms with van der Waals surface area (Å²) >= 11 is 0. The Hall–Kier alpha value is -3.94. The molecule has 152 valence electrons. The van der Waals surface area contributed by atoms with E-state index < -0.39 is 0 Å². The molecule has 8 nitrogen and oxygen atoms in total. The van der Waals surface area contributed by atoms with Crippen LogP contribution in [0.4, 0.5) is 0 Å². The van der Waals surface area contributed by atoms with E-state index >= 15 is 0 Å². The van der Waals surface area contributed by atoms with Crippen LogP contribution >= 0.6 is 0 Å². The zero-order chi connectivity index (χ0) is 21.1. The fourth-order valence-corrected chi connectivity index (χ4v) is 3.78. The zero-order valence-corrected chi connectivity index (χ0v) is 15.7. The van der Waals surface area contributed by atoms with E-state index in [1.54, 1.807) is 24.3 Å². The predicted molar refractivity (Wildman–Crippen MR) is 106 cm³/mol. The highest BCUT2D eigenvalue weighted by Crippen LogP contribution is 2.51. The van der Waals surface area contributed by atoms with Crippen LogP contribution in [-0.2, 0) is 38.1 Å². The van der Waals surface area contributed by atoms with Crippen molar-refractivity contribution in [2.45, 2.75) is 0 Å². The van der Waals surface area contributed by atoms with Crippen molar-refractivity contribution in [1.29, 1.82) is 0 Å². The first-order valence-corrected chi connectivity index (χ1v) is 9.12. The molecule has 2 aliphatic rings. The maximum atomic E-state index is 10.9. The Bertz CT molecular complexity index is 954. The van der Waals surface area contributed by atoms with Gasteiger partial charge in [-0.05, 0) is 24.3 Å². The van der Waals surface area contributed by atoms with Crippen molar-refractivity contribution in [3.05, 3.63) is 46.5 Å². The molecule has 0 amide bonds. The van der Waals surface area contributed by atoms with E-state index in [9.17, 15) is 19.2 Å². The molecule has 30 heavy (non-hydrogen) atoms. The lowest BCUT2D eigenvalue weighted by molar-refractivity contribution is -0.111. The summed E-state index contributed by atoms with van der Waals surface area (Å²) < 4.78 is 22.5. The molecule has 0 saturated carbocycles. The highest BCUT2D eigenvalue weighted by molar-refractivity contribution is 6.20. The molecule has 4 rings (SSSR count). The molecule has 0 unspecified atom stereocenters. The van der Waals surface area contributed by atoms with Crippen molar-refractivity contribution < 1.29 is 38.1 Å². The van der Waals surface area contributed by atoms with Crippen LogP contribution in [0.1, 0.15) is 22.3 Å². The van der Waals surface area contributed by atoms with Crippen LogP contribution < -0.4 is 0 Å². The molecule has 0 radical (unpaired) electrons. The van der Waals surface area contributed by atoms with Gasteiger partial charge >= 0.3 is 0 Å². The maximum absolute atomic E-state index is 10.9. The van der Waals surface area contributed by atoms with Gasteiger partial charge in [0.05, 0.1) is 0 Å². The Balaban J connectivity index is 1.90. The summed E-state index contributed by atoms with van der Waals surface area (Å²) in [6.07, 6.45) is 2.50. The van der Waals surface area contributed by atoms with Crippen LogP contribution in [-0.4, -0.2) is 51.6 Å². The maximum Gasteiger partial charge on any atom is 0.170 e. The second-order valence-electron chi connectivity index (χ2n) is 6.30. The first-order chi connectivity index (χ1) is 14.8. The second-order valence-corrected chi connectivity index (χ2v) is 6.30. The lowest BCUT2D eigenvalue weighted by Gasteiger charge is -2.11. The summed E-state index contributed by atoms with van der Waals surface area (Å²) in [5.74, 6) is 1.45. The van der Waals surface area contributed by atoms with Gasteiger partial charge in [-0.15, -0.1) is 0 Å². The van der Waals surface area contributed by atoms with Gasteiger partial charge < -0.3 is 18.9 Å². The Morgan fingerprint density at radius 3 is 0.900 bits per heavy atom. The summed E-state index contributed by atoms with van der Waals surface area (Å²) in [5, 5.41) is 1.56. The van der Waals surface area contributed by atoms with E-state index in [2.05, 4.69) is 0 Å². The van der Waals surface area contributed by atoms with Gasteiger partial charge in [-0.1, -0.05) is 0 Å². The van der Waals surface area contributed by atoms with E-state index in [1.165, 1.54) is 0 Å². The molecule has 0 heterocycles. The third kappa shape index (κ3) is 2.93. The van der Waals surface area contributed by atoms with E-state index in [4.69, 9.17) is 18.9 Å². The van der Waals surface area contributed by atoms with Crippen LogP contribution in [0, 0.1) is 0 Å². The number of ether oxygens (including phenoxy) is 4. The highest BCUT2D eigenvalue weighted by Gasteiger charge is 2.35. The van der Waals surface area contributed by atoms with Crippen LogP contribution in [0.15, 0.2) is 24.3 Å². The van der Waals surface area contributed by atoms with E-state index in [1.807, 2.05) is 0 Å². The average molecular weight is 408 g/mol. The Labute approximate surface area is 170 Å². The number of rotatable bonds is 12. The van der Waals surface area contributed by atoms with Crippen LogP contribution in [0.3, 0.4) is 0 Å². The molecule has 0 bridgehead atoms. The summed E-state index contributed by atoms with van der Waals surface area (Å²) in [5.41, 5.74) is 2.78. The molecule has 0 saturated heterocycles. The van der Waals surface area contributed by atoms with E-state index in [-0.39, 0.29) is 26.4 Å². The quantitative estimate of drug-likeness (QED) is 0.491. The van der Waals surface area contributed by atoms with E-state index in [0.717, 1.165) is 10.8 Å². The number of carbonyl (C=O) groups is 4. The number of carbonyl (C=O) groups excluding carboxylic acids is 4. The molecule has 0 N–H and O–H groups in total. The number of hydrogen-bond donors (Lipinski definition) is 0. The average Bonchev–Trinajstić information content (AvgIpc) is 3.24. The first-order valence-electron chi connectivity index (χ1n) is 9.12. The molecule has 2 aromatic rings. The summed E-state index contributed by atoms with van der Waals surface area (Å²) in [7, 11) is 0. The van der Waals surface area contributed by atoms with Crippen molar-refractivity contribution >= 4 is 59.0 Å².